The summed E-state index contributed by atoms with van der Waals surface area (Å²) in [7, 11) is 1.40. The monoisotopic (exact) mass is 337 g/mol. The van der Waals surface area contributed by atoms with Crippen molar-refractivity contribution in [2.45, 2.75) is 6.92 Å². The van der Waals surface area contributed by atoms with Crippen LogP contribution in [0.1, 0.15) is 38.0 Å². The van der Waals surface area contributed by atoms with E-state index in [1.54, 1.807) is 24.3 Å². The minimum atomic E-state index is -0.422. The molecule has 0 fully saturated rings. The van der Waals surface area contributed by atoms with Crippen molar-refractivity contribution < 1.29 is 19.2 Å². The predicted octanol–water partition coefficient (Wildman–Crippen LogP) is 2.12. The lowest BCUT2D eigenvalue weighted by atomic mass is 10.1. The predicted molar refractivity (Wildman–Crippen MR) is 91.6 cm³/mol. The molecule has 0 radical (unpaired) electrons. The summed E-state index contributed by atoms with van der Waals surface area (Å²) in [5.41, 5.74) is 1.96. The van der Waals surface area contributed by atoms with Gasteiger partial charge in [-0.3, -0.25) is 24.1 Å². The Balaban J connectivity index is 1.77. The SMILES string of the molecule is CC(=O)Nc1ccc(NC(=O)c2ccc3c(c2)C(=O)N(C)C3=O)cc1. The third-order valence-electron chi connectivity index (χ3n) is 3.81. The molecule has 0 atom stereocenters. The van der Waals surface area contributed by atoms with Gasteiger partial charge in [0.25, 0.3) is 17.7 Å². The fourth-order valence-corrected chi connectivity index (χ4v) is 2.55. The van der Waals surface area contributed by atoms with E-state index in [0.29, 0.717) is 16.9 Å². The molecule has 0 saturated heterocycles. The number of hydrogen-bond donors (Lipinski definition) is 2. The van der Waals surface area contributed by atoms with Crippen LogP contribution < -0.4 is 10.6 Å². The van der Waals surface area contributed by atoms with Crippen molar-refractivity contribution in [1.82, 2.24) is 4.90 Å². The number of benzene rings is 2. The van der Waals surface area contributed by atoms with E-state index in [0.717, 1.165) is 4.90 Å². The van der Waals surface area contributed by atoms with E-state index in [1.807, 2.05) is 0 Å². The topological polar surface area (TPSA) is 95.6 Å². The minimum Gasteiger partial charge on any atom is -0.326 e. The molecule has 1 aliphatic rings. The van der Waals surface area contributed by atoms with Gasteiger partial charge in [-0.05, 0) is 42.5 Å². The maximum atomic E-state index is 12.4. The highest BCUT2D eigenvalue weighted by Gasteiger charge is 2.33. The molecule has 0 saturated carbocycles. The second-order valence-corrected chi connectivity index (χ2v) is 5.64. The summed E-state index contributed by atoms with van der Waals surface area (Å²) in [6.07, 6.45) is 0. The van der Waals surface area contributed by atoms with Crippen LogP contribution in [0.5, 0.6) is 0 Å². The van der Waals surface area contributed by atoms with Crippen LogP contribution in [0.3, 0.4) is 0 Å². The molecule has 126 valence electrons. The van der Waals surface area contributed by atoms with Crippen molar-refractivity contribution in [2.75, 3.05) is 17.7 Å². The first kappa shape index (κ1) is 16.4. The molecule has 2 aromatic rings. The van der Waals surface area contributed by atoms with Crippen LogP contribution >= 0.6 is 0 Å². The molecule has 4 amide bonds. The van der Waals surface area contributed by atoms with Crippen LogP contribution in [0.2, 0.25) is 0 Å². The van der Waals surface area contributed by atoms with E-state index in [2.05, 4.69) is 10.6 Å². The lowest BCUT2D eigenvalue weighted by molar-refractivity contribution is -0.114. The van der Waals surface area contributed by atoms with Crippen molar-refractivity contribution >= 4 is 35.0 Å². The number of rotatable bonds is 3. The van der Waals surface area contributed by atoms with Gasteiger partial charge in [0.05, 0.1) is 11.1 Å². The molecule has 25 heavy (non-hydrogen) atoms. The normalized spacial score (nSPS) is 12.8. The molecule has 1 heterocycles. The maximum Gasteiger partial charge on any atom is 0.261 e. The van der Waals surface area contributed by atoms with Crippen molar-refractivity contribution in [2.24, 2.45) is 0 Å². The molecule has 2 aromatic carbocycles. The second-order valence-electron chi connectivity index (χ2n) is 5.64. The third-order valence-corrected chi connectivity index (χ3v) is 3.81. The van der Waals surface area contributed by atoms with E-state index < -0.39 is 11.8 Å². The van der Waals surface area contributed by atoms with Crippen molar-refractivity contribution in [1.29, 1.82) is 0 Å². The number of nitrogens with zero attached hydrogens (tertiary/aromatic N) is 1. The number of fused-ring (bicyclic) bond motifs is 1. The molecule has 1 aliphatic heterocycles. The Bertz CT molecular complexity index is 903. The van der Waals surface area contributed by atoms with E-state index in [-0.39, 0.29) is 22.9 Å². The largest absolute Gasteiger partial charge is 0.326 e. The van der Waals surface area contributed by atoms with Gasteiger partial charge in [0.15, 0.2) is 0 Å². The Morgan fingerprint density at radius 2 is 1.40 bits per heavy atom. The highest BCUT2D eigenvalue weighted by Crippen LogP contribution is 2.23. The average Bonchev–Trinajstić information content (AvgIpc) is 2.80. The second kappa shape index (κ2) is 6.20. The Labute approximate surface area is 143 Å². The van der Waals surface area contributed by atoms with Gasteiger partial charge in [0, 0.05) is 30.9 Å². The zero-order chi connectivity index (χ0) is 18.1. The highest BCUT2D eigenvalue weighted by molar-refractivity contribution is 6.22. The molecule has 0 aliphatic carbocycles. The molecule has 7 heteroatoms. The summed E-state index contributed by atoms with van der Waals surface area (Å²) >= 11 is 0. The average molecular weight is 337 g/mol. The van der Waals surface area contributed by atoms with Gasteiger partial charge in [0.2, 0.25) is 5.91 Å². The fourth-order valence-electron chi connectivity index (χ4n) is 2.55. The zero-order valence-corrected chi connectivity index (χ0v) is 13.6. The van der Waals surface area contributed by atoms with Crippen LogP contribution in [0.4, 0.5) is 11.4 Å². The van der Waals surface area contributed by atoms with E-state index in [4.69, 9.17) is 0 Å². The Kier molecular flexibility index (Phi) is 4.06. The summed E-state index contributed by atoms with van der Waals surface area (Å²) in [4.78, 5) is 48.2. The van der Waals surface area contributed by atoms with Crippen LogP contribution in [0.15, 0.2) is 42.5 Å². The van der Waals surface area contributed by atoms with Crippen molar-refractivity contribution in [3.8, 4) is 0 Å². The Morgan fingerprint density at radius 3 is 2.00 bits per heavy atom. The number of carbonyl (C=O) groups is 4. The molecule has 0 bridgehead atoms. The molecule has 2 N–H and O–H groups in total. The summed E-state index contributed by atoms with van der Waals surface area (Å²) in [5.74, 6) is -1.38. The first-order chi connectivity index (χ1) is 11.9. The Morgan fingerprint density at radius 1 is 0.840 bits per heavy atom. The van der Waals surface area contributed by atoms with Crippen molar-refractivity contribution in [3.63, 3.8) is 0 Å². The van der Waals surface area contributed by atoms with Gasteiger partial charge in [-0.15, -0.1) is 0 Å². The molecule has 0 aromatic heterocycles. The molecule has 3 rings (SSSR count). The summed E-state index contributed by atoms with van der Waals surface area (Å²) in [6.45, 7) is 1.41. The van der Waals surface area contributed by atoms with E-state index in [1.165, 1.54) is 32.2 Å². The minimum absolute atomic E-state index is 0.181. The lowest BCUT2D eigenvalue weighted by Gasteiger charge is -2.07. The van der Waals surface area contributed by atoms with Gasteiger partial charge in [-0.1, -0.05) is 0 Å². The fraction of sp³-hybridized carbons (Fsp3) is 0.111. The van der Waals surface area contributed by atoms with Crippen molar-refractivity contribution in [3.05, 3.63) is 59.2 Å². The van der Waals surface area contributed by atoms with E-state index >= 15 is 0 Å². The number of carbonyl (C=O) groups excluding carboxylic acids is 4. The summed E-state index contributed by atoms with van der Waals surface area (Å²) in [5, 5.41) is 5.34. The maximum absolute atomic E-state index is 12.4. The Hall–Kier alpha value is -3.48. The first-order valence-corrected chi connectivity index (χ1v) is 7.52. The summed E-state index contributed by atoms with van der Waals surface area (Å²) < 4.78 is 0. The van der Waals surface area contributed by atoms with Crippen LogP contribution in [0, 0.1) is 0 Å². The standard InChI is InChI=1S/C18H15N3O4/c1-10(22)19-12-4-6-13(7-5-12)20-16(23)11-3-8-14-15(9-11)18(25)21(2)17(14)24/h3-9H,1-2H3,(H,19,22)(H,20,23). The number of hydrogen-bond acceptors (Lipinski definition) is 4. The number of anilines is 2. The van der Waals surface area contributed by atoms with Crippen LogP contribution in [-0.2, 0) is 4.79 Å². The van der Waals surface area contributed by atoms with Gasteiger partial charge in [0.1, 0.15) is 0 Å². The van der Waals surface area contributed by atoms with E-state index in [9.17, 15) is 19.2 Å². The molecular formula is C18H15N3O4. The number of nitrogens with one attached hydrogen (secondary N) is 2. The number of amides is 4. The molecule has 0 unspecified atom stereocenters. The first-order valence-electron chi connectivity index (χ1n) is 7.52. The zero-order valence-electron chi connectivity index (χ0n) is 13.6. The van der Waals surface area contributed by atoms with Gasteiger partial charge >= 0.3 is 0 Å². The molecular weight excluding hydrogens is 322 g/mol. The summed E-state index contributed by atoms with van der Waals surface area (Å²) in [6, 6.07) is 11.0. The van der Waals surface area contributed by atoms with Gasteiger partial charge < -0.3 is 10.6 Å². The van der Waals surface area contributed by atoms with Gasteiger partial charge in [-0.2, -0.15) is 0 Å². The van der Waals surface area contributed by atoms with Crippen LogP contribution in [0.25, 0.3) is 0 Å². The smallest absolute Gasteiger partial charge is 0.261 e. The highest BCUT2D eigenvalue weighted by atomic mass is 16.2. The van der Waals surface area contributed by atoms with Crippen LogP contribution in [-0.4, -0.2) is 35.6 Å². The lowest BCUT2D eigenvalue weighted by Crippen LogP contribution is -2.24. The quantitative estimate of drug-likeness (QED) is 0.839. The number of imide groups is 1. The third kappa shape index (κ3) is 3.12. The van der Waals surface area contributed by atoms with Gasteiger partial charge in [-0.25, -0.2) is 0 Å². The molecule has 7 nitrogen and oxygen atoms in total. The molecule has 0 spiro atoms.